The first kappa shape index (κ1) is 13.1. The summed E-state index contributed by atoms with van der Waals surface area (Å²) in [4.78, 5) is 0. The van der Waals surface area contributed by atoms with E-state index in [0.717, 1.165) is 16.4 Å². The monoisotopic (exact) mass is 269 g/mol. The quantitative estimate of drug-likeness (QED) is 0.821. The summed E-state index contributed by atoms with van der Waals surface area (Å²) in [5, 5.41) is 26.5. The van der Waals surface area contributed by atoms with E-state index in [2.05, 4.69) is 20.5 Å². The number of methoxy groups -OCH3 is 1. The molecule has 0 spiro atoms. The lowest BCUT2D eigenvalue weighted by molar-refractivity contribution is 0.184. The number of rotatable bonds is 6. The summed E-state index contributed by atoms with van der Waals surface area (Å²) in [6.45, 7) is 2.54. The molecule has 0 aromatic carbocycles. The van der Waals surface area contributed by atoms with Crippen LogP contribution in [0, 0.1) is 6.92 Å². The van der Waals surface area contributed by atoms with Gasteiger partial charge in [0.25, 0.3) is 0 Å². The van der Waals surface area contributed by atoms with Crippen LogP contribution >= 0.6 is 11.3 Å². The molecule has 0 aliphatic rings. The fourth-order valence-electron chi connectivity index (χ4n) is 1.53. The highest BCUT2D eigenvalue weighted by Gasteiger charge is 2.13. The molecule has 0 unspecified atom stereocenters. The van der Waals surface area contributed by atoms with Crippen molar-refractivity contribution in [1.29, 1.82) is 0 Å². The Balaban J connectivity index is 2.19. The summed E-state index contributed by atoms with van der Waals surface area (Å²) in [5.41, 5.74) is 1.82. The molecule has 18 heavy (non-hydrogen) atoms. The SMILES string of the molecule is COCc1nnc(-n2nnc(CCCO)c2C)s1. The molecule has 2 aromatic heterocycles. The molecular weight excluding hydrogens is 254 g/mol. The normalized spacial score (nSPS) is 11.1. The Kier molecular flexibility index (Phi) is 4.34. The maximum Gasteiger partial charge on any atom is 0.234 e. The number of hydrogen-bond acceptors (Lipinski definition) is 7. The Hall–Kier alpha value is -1.38. The van der Waals surface area contributed by atoms with Crippen LogP contribution in [0.15, 0.2) is 0 Å². The topological polar surface area (TPSA) is 86.0 Å². The van der Waals surface area contributed by atoms with Crippen molar-refractivity contribution in [2.75, 3.05) is 13.7 Å². The molecule has 7 nitrogen and oxygen atoms in total. The molecule has 0 saturated carbocycles. The lowest BCUT2D eigenvalue weighted by atomic mass is 10.2. The molecule has 98 valence electrons. The van der Waals surface area contributed by atoms with E-state index in [1.165, 1.54) is 11.3 Å². The fraction of sp³-hybridized carbons (Fsp3) is 0.600. The summed E-state index contributed by atoms with van der Waals surface area (Å²) in [6, 6.07) is 0. The van der Waals surface area contributed by atoms with Crippen molar-refractivity contribution in [3.63, 3.8) is 0 Å². The molecule has 1 N–H and O–H groups in total. The first-order valence-electron chi connectivity index (χ1n) is 5.60. The lowest BCUT2D eigenvalue weighted by Crippen LogP contribution is -1.99. The predicted molar refractivity (Wildman–Crippen MR) is 65.7 cm³/mol. The van der Waals surface area contributed by atoms with Crippen LogP contribution in [0.5, 0.6) is 0 Å². The first-order chi connectivity index (χ1) is 8.76. The summed E-state index contributed by atoms with van der Waals surface area (Å²) >= 11 is 1.43. The van der Waals surface area contributed by atoms with Crippen molar-refractivity contribution in [3.8, 4) is 5.13 Å². The fourth-order valence-corrected chi connectivity index (χ4v) is 2.34. The number of aliphatic hydroxyl groups excluding tert-OH is 1. The van der Waals surface area contributed by atoms with Crippen molar-refractivity contribution in [3.05, 3.63) is 16.4 Å². The van der Waals surface area contributed by atoms with Crippen LogP contribution in [0.2, 0.25) is 0 Å². The van der Waals surface area contributed by atoms with Gasteiger partial charge < -0.3 is 9.84 Å². The van der Waals surface area contributed by atoms with Gasteiger partial charge >= 0.3 is 0 Å². The highest BCUT2D eigenvalue weighted by Crippen LogP contribution is 2.17. The minimum absolute atomic E-state index is 0.156. The molecule has 8 heteroatoms. The third-order valence-corrected chi connectivity index (χ3v) is 3.34. The summed E-state index contributed by atoms with van der Waals surface area (Å²) in [6.07, 6.45) is 1.40. The van der Waals surface area contributed by atoms with Gasteiger partial charge in [-0.1, -0.05) is 16.6 Å². The highest BCUT2D eigenvalue weighted by molar-refractivity contribution is 7.13. The van der Waals surface area contributed by atoms with Gasteiger partial charge in [-0.15, -0.1) is 15.3 Å². The number of aryl methyl sites for hydroxylation is 1. The molecule has 0 fully saturated rings. The molecule has 2 rings (SSSR count). The zero-order valence-corrected chi connectivity index (χ0v) is 11.1. The van der Waals surface area contributed by atoms with Crippen molar-refractivity contribution in [2.24, 2.45) is 0 Å². The Bertz CT molecular complexity index is 510. The smallest absolute Gasteiger partial charge is 0.234 e. The van der Waals surface area contributed by atoms with E-state index in [4.69, 9.17) is 9.84 Å². The van der Waals surface area contributed by atoms with E-state index in [1.54, 1.807) is 11.8 Å². The average molecular weight is 269 g/mol. The zero-order valence-electron chi connectivity index (χ0n) is 10.3. The minimum atomic E-state index is 0.156. The molecule has 0 aliphatic carbocycles. The van der Waals surface area contributed by atoms with Gasteiger partial charge in [0.15, 0.2) is 0 Å². The van der Waals surface area contributed by atoms with Crippen LogP contribution in [0.3, 0.4) is 0 Å². The van der Waals surface area contributed by atoms with Gasteiger partial charge in [-0.05, 0) is 19.8 Å². The van der Waals surface area contributed by atoms with E-state index in [1.807, 2.05) is 6.92 Å². The molecule has 0 radical (unpaired) electrons. The first-order valence-corrected chi connectivity index (χ1v) is 6.41. The van der Waals surface area contributed by atoms with Gasteiger partial charge in [0, 0.05) is 13.7 Å². The van der Waals surface area contributed by atoms with Gasteiger partial charge in [-0.25, -0.2) is 0 Å². The standard InChI is InChI=1S/C10H15N5O2S/c1-7-8(4-3-5-16)11-14-15(7)10-13-12-9(18-10)6-17-2/h16H,3-6H2,1-2H3. The lowest BCUT2D eigenvalue weighted by Gasteiger charge is -1.97. The van der Waals surface area contributed by atoms with Gasteiger partial charge in [-0.2, -0.15) is 4.68 Å². The van der Waals surface area contributed by atoms with Gasteiger partial charge in [0.05, 0.1) is 11.4 Å². The minimum Gasteiger partial charge on any atom is -0.396 e. The van der Waals surface area contributed by atoms with Crippen LogP contribution in [0.25, 0.3) is 5.13 Å². The van der Waals surface area contributed by atoms with Crippen LogP contribution < -0.4 is 0 Å². The van der Waals surface area contributed by atoms with Crippen molar-refractivity contribution < 1.29 is 9.84 Å². The van der Waals surface area contributed by atoms with E-state index in [0.29, 0.717) is 24.6 Å². The second-order valence-corrected chi connectivity index (χ2v) is 4.81. The Morgan fingerprint density at radius 1 is 1.33 bits per heavy atom. The number of aromatic nitrogens is 5. The van der Waals surface area contributed by atoms with E-state index < -0.39 is 0 Å². The average Bonchev–Trinajstić information content (AvgIpc) is 2.94. The number of nitrogens with zero attached hydrogens (tertiary/aromatic N) is 5. The maximum atomic E-state index is 8.82. The molecule has 0 atom stereocenters. The largest absolute Gasteiger partial charge is 0.396 e. The maximum absolute atomic E-state index is 8.82. The molecule has 0 aliphatic heterocycles. The second-order valence-electron chi connectivity index (χ2n) is 3.77. The van der Waals surface area contributed by atoms with Crippen molar-refractivity contribution >= 4 is 11.3 Å². The molecular formula is C10H15N5O2S. The summed E-state index contributed by atoms with van der Waals surface area (Å²) in [7, 11) is 1.62. The Labute approximate surface area is 108 Å². The second kappa shape index (κ2) is 5.98. The molecule has 0 amide bonds. The Morgan fingerprint density at radius 2 is 2.17 bits per heavy atom. The third kappa shape index (κ3) is 2.71. The zero-order chi connectivity index (χ0) is 13.0. The summed E-state index contributed by atoms with van der Waals surface area (Å²) in [5.74, 6) is 0. The van der Waals surface area contributed by atoms with Crippen LogP contribution in [0.4, 0.5) is 0 Å². The number of hydrogen-bond donors (Lipinski definition) is 1. The van der Waals surface area contributed by atoms with Crippen molar-refractivity contribution in [1.82, 2.24) is 25.2 Å². The molecule has 2 aromatic rings. The van der Waals surface area contributed by atoms with E-state index >= 15 is 0 Å². The van der Waals surface area contributed by atoms with Crippen molar-refractivity contribution in [2.45, 2.75) is 26.4 Å². The third-order valence-electron chi connectivity index (χ3n) is 2.47. The van der Waals surface area contributed by atoms with Crippen LogP contribution in [-0.4, -0.2) is 44.0 Å². The molecule has 0 saturated heterocycles. The Morgan fingerprint density at radius 3 is 2.89 bits per heavy atom. The number of aliphatic hydroxyl groups is 1. The van der Waals surface area contributed by atoms with E-state index in [9.17, 15) is 0 Å². The summed E-state index contributed by atoms with van der Waals surface area (Å²) < 4.78 is 6.67. The van der Waals surface area contributed by atoms with Crippen LogP contribution in [0.1, 0.15) is 22.8 Å². The molecule has 0 bridgehead atoms. The predicted octanol–water partition coefficient (Wildman–Crippen LogP) is 0.499. The van der Waals surface area contributed by atoms with Gasteiger partial charge in [-0.3, -0.25) is 0 Å². The number of ether oxygens (including phenoxy) is 1. The van der Waals surface area contributed by atoms with Gasteiger partial charge in [0.1, 0.15) is 11.6 Å². The van der Waals surface area contributed by atoms with E-state index in [-0.39, 0.29) is 6.61 Å². The highest BCUT2D eigenvalue weighted by atomic mass is 32.1. The van der Waals surface area contributed by atoms with Gasteiger partial charge in [0.2, 0.25) is 5.13 Å². The van der Waals surface area contributed by atoms with Crippen LogP contribution in [-0.2, 0) is 17.8 Å². The molecule has 2 heterocycles.